The van der Waals surface area contributed by atoms with E-state index in [0.717, 1.165) is 6.54 Å². The molecule has 1 aromatic carbocycles. The van der Waals surface area contributed by atoms with Gasteiger partial charge in [0.05, 0.1) is 0 Å². The molecule has 4 heteroatoms. The van der Waals surface area contributed by atoms with E-state index in [1.807, 2.05) is 0 Å². The first-order valence-corrected chi connectivity index (χ1v) is 7.72. The number of likely N-dealkylation sites (N-methyl/N-ethyl adjacent to an activating group) is 1. The fourth-order valence-corrected chi connectivity index (χ4v) is 2.95. The predicted octanol–water partition coefficient (Wildman–Crippen LogP) is -1.11. The number of halogens is 2. The van der Waals surface area contributed by atoms with Crippen molar-refractivity contribution < 1.29 is 46.5 Å². The predicted molar refractivity (Wildman–Crippen MR) is 86.6 cm³/mol. The van der Waals surface area contributed by atoms with Gasteiger partial charge < -0.3 is 29.7 Å². The largest absolute Gasteiger partial charge is 3.00 e. The molecule has 1 aromatic rings. The number of nitrogens with zero attached hydrogens (tertiary/aromatic N) is 1. The Kier molecular flexibility index (Phi) is 15.0. The average molecular weight is 381 g/mol. The zero-order valence-electron chi connectivity index (χ0n) is 15.4. The maximum absolute atomic E-state index is 2.48. The zero-order valence-corrected chi connectivity index (χ0v) is 18.5. The maximum Gasteiger partial charge on any atom is 3.00 e. The van der Waals surface area contributed by atoms with Gasteiger partial charge >= 0.3 is 21.7 Å². The summed E-state index contributed by atoms with van der Waals surface area (Å²) in [5.74, 6) is 1.88. The smallest absolute Gasteiger partial charge is 1.00 e. The Morgan fingerprint density at radius 3 is 1.73 bits per heavy atom. The van der Waals surface area contributed by atoms with E-state index in [0.29, 0.717) is 17.8 Å². The number of rotatable bonds is 6. The van der Waals surface area contributed by atoms with E-state index in [-0.39, 0.29) is 46.5 Å². The summed E-state index contributed by atoms with van der Waals surface area (Å²) in [5, 5.41) is 0. The van der Waals surface area contributed by atoms with E-state index in [2.05, 4.69) is 66.6 Å². The monoisotopic (exact) mass is 380 g/mol. The molecular formula is C18H32Cl2NTi. The second-order valence-corrected chi connectivity index (χ2v) is 6.96. The molecule has 0 bridgehead atoms. The molecule has 0 aliphatic heterocycles. The van der Waals surface area contributed by atoms with Gasteiger partial charge in [-0.3, -0.25) is 0 Å². The molecule has 0 unspecified atom stereocenters. The van der Waals surface area contributed by atoms with Crippen LogP contribution in [0.3, 0.4) is 0 Å². The number of hydrogen-bond acceptors (Lipinski definition) is 1. The van der Waals surface area contributed by atoms with E-state index in [1.165, 1.54) is 6.42 Å². The van der Waals surface area contributed by atoms with Crippen LogP contribution in [0.15, 0.2) is 6.07 Å². The molecule has 0 N–H and O–H groups in total. The van der Waals surface area contributed by atoms with Crippen LogP contribution in [0, 0.1) is 0 Å². The standard InChI is InChI=1S/C18H32N.2ClH.Ti/c1-12(2)16-11-17(13(3)4)18(14(5)6)15(16)9-10-19(7)8;;;/h11-14H,9-10H2,1-8H3;2*1H;/q-1;;;+3/p-2. The molecule has 22 heavy (non-hydrogen) atoms. The first-order valence-electron chi connectivity index (χ1n) is 7.72. The minimum Gasteiger partial charge on any atom is -1.00 e. The van der Waals surface area contributed by atoms with E-state index in [9.17, 15) is 0 Å². The van der Waals surface area contributed by atoms with Gasteiger partial charge in [-0.2, -0.15) is 16.7 Å². The normalized spacial score (nSPS) is 10.7. The summed E-state index contributed by atoms with van der Waals surface area (Å²) in [5.41, 5.74) is 6.41. The third-order valence-corrected chi connectivity index (χ3v) is 3.93. The van der Waals surface area contributed by atoms with Crippen LogP contribution in [0.4, 0.5) is 0 Å². The Hall–Kier alpha value is 0.604. The van der Waals surface area contributed by atoms with Crippen LogP contribution in [0.5, 0.6) is 0 Å². The van der Waals surface area contributed by atoms with Crippen LogP contribution in [-0.4, -0.2) is 25.5 Å². The third kappa shape index (κ3) is 7.01. The van der Waals surface area contributed by atoms with Crippen molar-refractivity contribution in [3.63, 3.8) is 0 Å². The van der Waals surface area contributed by atoms with Crippen LogP contribution in [0.1, 0.15) is 81.5 Å². The van der Waals surface area contributed by atoms with Gasteiger partial charge in [0.1, 0.15) is 0 Å². The van der Waals surface area contributed by atoms with Gasteiger partial charge in [-0.05, 0) is 32.5 Å². The second-order valence-electron chi connectivity index (χ2n) is 6.96. The molecule has 0 fully saturated rings. The van der Waals surface area contributed by atoms with E-state index in [1.54, 1.807) is 22.3 Å². The van der Waals surface area contributed by atoms with Crippen LogP contribution in [-0.2, 0) is 28.1 Å². The molecule has 127 valence electrons. The summed E-state index contributed by atoms with van der Waals surface area (Å²) in [4.78, 5) is 2.29. The third-order valence-electron chi connectivity index (χ3n) is 3.93. The summed E-state index contributed by atoms with van der Waals surface area (Å²) in [6.07, 6.45) is 1.18. The van der Waals surface area contributed by atoms with Crippen molar-refractivity contribution in [3.8, 4) is 0 Å². The van der Waals surface area contributed by atoms with Crippen molar-refractivity contribution in [1.29, 1.82) is 0 Å². The Labute approximate surface area is 165 Å². The first kappa shape index (κ1) is 27.5. The fraction of sp³-hybridized carbons (Fsp3) is 0.722. The van der Waals surface area contributed by atoms with Crippen LogP contribution in [0.2, 0.25) is 0 Å². The van der Waals surface area contributed by atoms with Crippen LogP contribution < -0.4 is 24.8 Å². The molecule has 0 aliphatic rings. The van der Waals surface area contributed by atoms with Gasteiger partial charge in [-0.25, -0.2) is 6.07 Å². The average Bonchev–Trinajstić information content (AvgIpc) is 2.65. The summed E-state index contributed by atoms with van der Waals surface area (Å²) >= 11 is 0. The van der Waals surface area contributed by atoms with Gasteiger partial charge in [0, 0.05) is 0 Å². The molecule has 0 aliphatic carbocycles. The van der Waals surface area contributed by atoms with Gasteiger partial charge in [-0.1, -0.05) is 53.9 Å². The Balaban J connectivity index is -0.00000120. The van der Waals surface area contributed by atoms with Crippen molar-refractivity contribution in [2.45, 2.75) is 65.7 Å². The first-order chi connectivity index (χ1) is 8.75. The molecular weight excluding hydrogens is 349 g/mol. The second kappa shape index (κ2) is 12.0. The van der Waals surface area contributed by atoms with Gasteiger partial charge in [-0.15, -0.1) is 5.56 Å². The molecule has 1 rings (SSSR count). The molecule has 0 atom stereocenters. The van der Waals surface area contributed by atoms with Crippen molar-refractivity contribution in [2.24, 2.45) is 0 Å². The fourth-order valence-electron chi connectivity index (χ4n) is 2.95. The Morgan fingerprint density at radius 2 is 1.41 bits per heavy atom. The summed E-state index contributed by atoms with van der Waals surface area (Å²) < 4.78 is 0. The maximum atomic E-state index is 2.48. The van der Waals surface area contributed by atoms with E-state index >= 15 is 0 Å². The van der Waals surface area contributed by atoms with Crippen molar-refractivity contribution >= 4 is 0 Å². The van der Waals surface area contributed by atoms with Crippen molar-refractivity contribution in [3.05, 3.63) is 28.3 Å². The molecule has 1 nitrogen and oxygen atoms in total. The number of hydrogen-bond donors (Lipinski definition) is 0. The van der Waals surface area contributed by atoms with Crippen LogP contribution in [0.25, 0.3) is 0 Å². The van der Waals surface area contributed by atoms with Crippen molar-refractivity contribution in [1.82, 2.24) is 4.90 Å². The molecule has 0 aromatic heterocycles. The van der Waals surface area contributed by atoms with E-state index in [4.69, 9.17) is 0 Å². The molecule has 0 heterocycles. The molecule has 0 amide bonds. The minimum atomic E-state index is 0. The van der Waals surface area contributed by atoms with Crippen LogP contribution >= 0.6 is 0 Å². The minimum absolute atomic E-state index is 0. The summed E-state index contributed by atoms with van der Waals surface area (Å²) in [6, 6.07) is 2.48. The Bertz CT molecular complexity index is 409. The summed E-state index contributed by atoms with van der Waals surface area (Å²) in [7, 11) is 4.33. The molecule has 1 radical (unpaired) electrons. The van der Waals surface area contributed by atoms with Crippen molar-refractivity contribution in [2.75, 3.05) is 20.6 Å². The van der Waals surface area contributed by atoms with Gasteiger partial charge in [0.15, 0.2) is 0 Å². The molecule has 0 saturated carbocycles. The Morgan fingerprint density at radius 1 is 0.909 bits per heavy atom. The summed E-state index contributed by atoms with van der Waals surface area (Å²) in [6.45, 7) is 15.1. The SMILES string of the molecule is CC(C)c1cc(C(C)C)[c-](CCN(C)C)c1C(C)C.[Cl-].[Cl-].[Ti+3]. The quantitative estimate of drug-likeness (QED) is 0.446. The topological polar surface area (TPSA) is 3.24 Å². The molecule has 0 saturated heterocycles. The van der Waals surface area contributed by atoms with Gasteiger partial charge in [0.25, 0.3) is 0 Å². The van der Waals surface area contributed by atoms with E-state index < -0.39 is 0 Å². The van der Waals surface area contributed by atoms with Gasteiger partial charge in [0.2, 0.25) is 0 Å². The zero-order chi connectivity index (χ0) is 14.7. The molecule has 0 spiro atoms.